The van der Waals surface area contributed by atoms with E-state index in [0.29, 0.717) is 46.3 Å². The van der Waals surface area contributed by atoms with Crippen LogP contribution in [-0.2, 0) is 24.5 Å². The largest absolute Gasteiger partial charge is 0.343 e. The second kappa shape index (κ2) is 14.8. The summed E-state index contributed by atoms with van der Waals surface area (Å²) in [6, 6.07) is 28.4. The average molecular weight is 682 g/mol. The maximum atomic E-state index is 15.0. The monoisotopic (exact) mass is 681 g/mol. The van der Waals surface area contributed by atoms with Crippen molar-refractivity contribution in [3.63, 3.8) is 0 Å². The minimum atomic E-state index is -0.798. The van der Waals surface area contributed by atoms with Crippen LogP contribution in [0.25, 0.3) is 26.3 Å². The Labute approximate surface area is 284 Å². The van der Waals surface area contributed by atoms with E-state index in [-0.39, 0.29) is 10.9 Å². The van der Waals surface area contributed by atoms with Crippen LogP contribution in [0.3, 0.4) is 0 Å². The van der Waals surface area contributed by atoms with Crippen LogP contribution in [0, 0.1) is 11.6 Å². The summed E-state index contributed by atoms with van der Waals surface area (Å²) in [5, 5.41) is 2.97. The Balaban J connectivity index is 1.56. The Kier molecular flexibility index (Phi) is 10.1. The van der Waals surface area contributed by atoms with E-state index in [1.54, 1.807) is 61.5 Å². The van der Waals surface area contributed by atoms with Gasteiger partial charge in [-0.25, -0.2) is 28.4 Å². The van der Waals surface area contributed by atoms with E-state index in [0.717, 1.165) is 27.8 Å². The standard InChI is InChI=1S/C37H33F2N5O4S/c1-3-48-41-36(46)40-26-19-17-25(18-20-26)33-29(22-42(2)21-24-11-6-4-7-12-24)32-34(45)44(27-13-8-5-9-14-27)37(47)43(35(32)49-33)23-28-30(38)15-10-16-31(28)39/h4-20H,3,21-23H2,1-2H3,(H2,40,41,46). The molecule has 0 fully saturated rings. The molecule has 0 bridgehead atoms. The molecule has 2 N–H and O–H groups in total. The van der Waals surface area contributed by atoms with Gasteiger partial charge in [-0.1, -0.05) is 66.7 Å². The highest BCUT2D eigenvalue weighted by Gasteiger charge is 2.25. The van der Waals surface area contributed by atoms with Gasteiger partial charge in [-0.15, -0.1) is 11.3 Å². The number of nitrogens with one attached hydrogen (secondary N) is 2. The molecule has 2 aromatic heterocycles. The second-order valence-electron chi connectivity index (χ2n) is 11.4. The number of amides is 2. The minimum Gasteiger partial charge on any atom is -0.306 e. The molecule has 0 unspecified atom stereocenters. The van der Waals surface area contributed by atoms with Crippen molar-refractivity contribution in [1.82, 2.24) is 19.5 Å². The molecule has 0 spiro atoms. The average Bonchev–Trinajstić information content (AvgIpc) is 3.47. The summed E-state index contributed by atoms with van der Waals surface area (Å²) < 4.78 is 32.4. The molecule has 0 aliphatic carbocycles. The molecule has 6 rings (SSSR count). The number of anilines is 1. The quantitative estimate of drug-likeness (QED) is 0.145. The number of para-hydroxylation sites is 1. The van der Waals surface area contributed by atoms with Gasteiger partial charge in [0.05, 0.1) is 24.2 Å². The normalized spacial score (nSPS) is 11.3. The molecule has 2 heterocycles. The first kappa shape index (κ1) is 33.5. The fourth-order valence-corrected chi connectivity index (χ4v) is 6.96. The summed E-state index contributed by atoms with van der Waals surface area (Å²) in [7, 11) is 1.94. The first-order valence-electron chi connectivity index (χ1n) is 15.6. The van der Waals surface area contributed by atoms with E-state index in [9.17, 15) is 14.4 Å². The van der Waals surface area contributed by atoms with Crippen LogP contribution >= 0.6 is 11.3 Å². The van der Waals surface area contributed by atoms with Gasteiger partial charge in [0.1, 0.15) is 16.5 Å². The lowest BCUT2D eigenvalue weighted by Crippen LogP contribution is -2.39. The Morgan fingerprint density at radius 1 is 0.837 bits per heavy atom. The predicted molar refractivity (Wildman–Crippen MR) is 188 cm³/mol. The zero-order valence-electron chi connectivity index (χ0n) is 26.8. The third-order valence-corrected chi connectivity index (χ3v) is 9.21. The molecule has 49 heavy (non-hydrogen) atoms. The molecule has 0 saturated carbocycles. The van der Waals surface area contributed by atoms with Crippen molar-refractivity contribution in [2.45, 2.75) is 26.6 Å². The van der Waals surface area contributed by atoms with Crippen molar-refractivity contribution in [2.75, 3.05) is 19.0 Å². The van der Waals surface area contributed by atoms with Crippen molar-refractivity contribution in [3.8, 4) is 16.1 Å². The number of halogens is 2. The van der Waals surface area contributed by atoms with Gasteiger partial charge in [-0.05, 0) is 67.1 Å². The van der Waals surface area contributed by atoms with Gasteiger partial charge in [0.25, 0.3) is 5.56 Å². The van der Waals surface area contributed by atoms with E-state index < -0.39 is 35.5 Å². The van der Waals surface area contributed by atoms with Crippen molar-refractivity contribution < 1.29 is 18.4 Å². The SMILES string of the molecule is CCONC(=O)Nc1ccc(-c2sc3c(c2CN(C)Cc2ccccc2)c(=O)n(-c2ccccc2)c(=O)n3Cc2c(F)cccc2F)cc1. The number of urea groups is 1. The number of nitrogens with zero attached hydrogens (tertiary/aromatic N) is 3. The molecule has 9 nitrogen and oxygen atoms in total. The first-order chi connectivity index (χ1) is 23.7. The van der Waals surface area contributed by atoms with Crippen LogP contribution in [0.4, 0.5) is 19.3 Å². The summed E-state index contributed by atoms with van der Waals surface area (Å²) in [6.07, 6.45) is 0. The molecule has 12 heteroatoms. The second-order valence-corrected chi connectivity index (χ2v) is 12.4. The fourth-order valence-electron chi connectivity index (χ4n) is 5.66. The lowest BCUT2D eigenvalue weighted by molar-refractivity contribution is 0.0758. The van der Waals surface area contributed by atoms with Crippen molar-refractivity contribution in [1.29, 1.82) is 0 Å². The van der Waals surface area contributed by atoms with E-state index in [1.807, 2.05) is 37.4 Å². The summed E-state index contributed by atoms with van der Waals surface area (Å²) in [5.41, 5.74) is 4.03. The summed E-state index contributed by atoms with van der Waals surface area (Å²) in [6.45, 7) is 2.51. The molecule has 6 aromatic rings. The highest BCUT2D eigenvalue weighted by molar-refractivity contribution is 7.22. The summed E-state index contributed by atoms with van der Waals surface area (Å²) in [4.78, 5) is 48.8. The molecule has 4 aromatic carbocycles. The van der Waals surface area contributed by atoms with Crippen LogP contribution in [0.15, 0.2) is 113 Å². The van der Waals surface area contributed by atoms with Gasteiger partial charge in [0, 0.05) is 29.2 Å². The topological polar surface area (TPSA) is 97.6 Å². The number of carbonyl (C=O) groups is 1. The maximum Gasteiger partial charge on any atom is 0.343 e. The molecule has 250 valence electrons. The fraction of sp³-hybridized carbons (Fsp3) is 0.162. The van der Waals surface area contributed by atoms with E-state index in [1.165, 1.54) is 22.0 Å². The van der Waals surface area contributed by atoms with Gasteiger partial charge >= 0.3 is 11.7 Å². The Bertz CT molecular complexity index is 2200. The van der Waals surface area contributed by atoms with Crippen LogP contribution in [-0.4, -0.2) is 33.7 Å². The molecular formula is C37H33F2N5O4S. The zero-order chi connectivity index (χ0) is 34.5. The number of aromatic nitrogens is 2. The van der Waals surface area contributed by atoms with E-state index >= 15 is 8.78 Å². The van der Waals surface area contributed by atoms with Gasteiger partial charge in [-0.2, -0.15) is 0 Å². The molecule has 2 amide bonds. The molecular weight excluding hydrogens is 649 g/mol. The number of fused-ring (bicyclic) bond motifs is 1. The van der Waals surface area contributed by atoms with Gasteiger partial charge in [-0.3, -0.25) is 19.1 Å². The van der Waals surface area contributed by atoms with Gasteiger partial charge < -0.3 is 5.32 Å². The Morgan fingerprint density at radius 3 is 2.14 bits per heavy atom. The lowest BCUT2D eigenvalue weighted by Gasteiger charge is -2.18. The Hall–Kier alpha value is -5.43. The molecule has 0 atom stereocenters. The number of hydrogen-bond acceptors (Lipinski definition) is 6. The molecule has 0 aliphatic heterocycles. The third kappa shape index (κ3) is 7.21. The maximum absolute atomic E-state index is 15.0. The molecule has 0 radical (unpaired) electrons. The van der Waals surface area contributed by atoms with Crippen LogP contribution < -0.4 is 22.0 Å². The highest BCUT2D eigenvalue weighted by Crippen LogP contribution is 2.38. The smallest absolute Gasteiger partial charge is 0.306 e. The highest BCUT2D eigenvalue weighted by atomic mass is 32.1. The number of rotatable bonds is 11. The number of thiophene rings is 1. The third-order valence-electron chi connectivity index (χ3n) is 7.90. The number of benzene rings is 4. The number of hydrogen-bond donors (Lipinski definition) is 2. The number of hydroxylamine groups is 1. The van der Waals surface area contributed by atoms with E-state index in [2.05, 4.69) is 15.7 Å². The van der Waals surface area contributed by atoms with Crippen LogP contribution in [0.5, 0.6) is 0 Å². The Morgan fingerprint density at radius 2 is 1.49 bits per heavy atom. The number of carbonyl (C=O) groups excluding carboxylic acids is 1. The summed E-state index contributed by atoms with van der Waals surface area (Å²) in [5.74, 6) is -1.60. The van der Waals surface area contributed by atoms with Crippen molar-refractivity contribution in [3.05, 3.63) is 152 Å². The zero-order valence-corrected chi connectivity index (χ0v) is 27.6. The molecule has 0 aliphatic rings. The van der Waals surface area contributed by atoms with Gasteiger partial charge in [0.2, 0.25) is 0 Å². The lowest BCUT2D eigenvalue weighted by atomic mass is 10.1. The van der Waals surface area contributed by atoms with Crippen LogP contribution in [0.2, 0.25) is 0 Å². The summed E-state index contributed by atoms with van der Waals surface area (Å²) >= 11 is 1.20. The molecule has 0 saturated heterocycles. The minimum absolute atomic E-state index is 0.276. The van der Waals surface area contributed by atoms with Gasteiger partial charge in [0.15, 0.2) is 0 Å². The predicted octanol–water partition coefficient (Wildman–Crippen LogP) is 6.91. The first-order valence-corrected chi connectivity index (χ1v) is 16.4. The van der Waals surface area contributed by atoms with Crippen molar-refractivity contribution >= 4 is 33.3 Å². The van der Waals surface area contributed by atoms with Crippen LogP contribution in [0.1, 0.15) is 23.6 Å². The van der Waals surface area contributed by atoms with E-state index in [4.69, 9.17) is 4.84 Å². The van der Waals surface area contributed by atoms with Crippen molar-refractivity contribution in [2.24, 2.45) is 0 Å².